The molecule has 0 aliphatic carbocycles. The van der Waals surface area contributed by atoms with Crippen LogP contribution in [-0.2, 0) is 6.54 Å². The Morgan fingerprint density at radius 2 is 1.88 bits per heavy atom. The van der Waals surface area contributed by atoms with Crippen molar-refractivity contribution in [3.63, 3.8) is 0 Å². The molecule has 1 amide bonds. The summed E-state index contributed by atoms with van der Waals surface area (Å²) >= 11 is 5.91. The lowest BCUT2D eigenvalue weighted by Crippen LogP contribution is -2.32. The smallest absolute Gasteiger partial charge is 0.277 e. The van der Waals surface area contributed by atoms with Crippen molar-refractivity contribution >= 4 is 23.2 Å². The van der Waals surface area contributed by atoms with Crippen LogP contribution in [0.25, 0.3) is 0 Å². The highest BCUT2D eigenvalue weighted by Crippen LogP contribution is 2.24. The van der Waals surface area contributed by atoms with Crippen LogP contribution in [0.3, 0.4) is 0 Å². The molecule has 0 saturated heterocycles. The predicted octanol–water partition coefficient (Wildman–Crippen LogP) is 4.26. The number of benzene rings is 1. The normalized spacial score (nSPS) is 10.5. The first kappa shape index (κ1) is 17.0. The number of hydrogen-bond donors (Lipinski definition) is 0. The maximum Gasteiger partial charge on any atom is 0.277 e. The zero-order chi connectivity index (χ0) is 17.8. The van der Waals surface area contributed by atoms with Gasteiger partial charge >= 0.3 is 0 Å². The van der Waals surface area contributed by atoms with Crippen molar-refractivity contribution in [2.75, 3.05) is 4.90 Å². The third-order valence-electron chi connectivity index (χ3n) is 3.43. The van der Waals surface area contributed by atoms with Crippen molar-refractivity contribution in [3.05, 3.63) is 89.0 Å². The minimum Gasteiger partial charge on any atom is -0.298 e. The highest BCUT2D eigenvalue weighted by Gasteiger charge is 2.23. The molecule has 0 fully saturated rings. The van der Waals surface area contributed by atoms with E-state index in [1.165, 1.54) is 24.4 Å². The summed E-state index contributed by atoms with van der Waals surface area (Å²) in [7, 11) is 0. The van der Waals surface area contributed by atoms with Gasteiger partial charge in [0.15, 0.2) is 0 Å². The number of halogens is 3. The second kappa shape index (κ2) is 7.36. The van der Waals surface area contributed by atoms with Gasteiger partial charge in [0.2, 0.25) is 0 Å². The van der Waals surface area contributed by atoms with E-state index in [-0.39, 0.29) is 17.9 Å². The first-order chi connectivity index (χ1) is 12.0. The van der Waals surface area contributed by atoms with Gasteiger partial charge in [-0.15, -0.1) is 0 Å². The third-order valence-corrected chi connectivity index (χ3v) is 3.67. The summed E-state index contributed by atoms with van der Waals surface area (Å²) in [5.41, 5.74) is 0.521. The highest BCUT2D eigenvalue weighted by atomic mass is 35.5. The molecule has 2 heterocycles. The van der Waals surface area contributed by atoms with E-state index in [0.717, 1.165) is 17.0 Å². The number of anilines is 1. The number of nitrogens with zero attached hydrogens (tertiary/aromatic N) is 3. The monoisotopic (exact) mass is 359 g/mol. The van der Waals surface area contributed by atoms with Gasteiger partial charge in [-0.25, -0.2) is 8.78 Å². The average Bonchev–Trinajstić information content (AvgIpc) is 2.60. The molecule has 4 nitrogen and oxygen atoms in total. The number of pyridine rings is 2. The molecule has 0 N–H and O–H groups in total. The summed E-state index contributed by atoms with van der Waals surface area (Å²) in [6, 6.07) is 11.1. The molecule has 0 radical (unpaired) electrons. The number of amides is 1. The molecule has 0 atom stereocenters. The van der Waals surface area contributed by atoms with Gasteiger partial charge in [-0.3, -0.25) is 19.7 Å². The first-order valence-electron chi connectivity index (χ1n) is 7.33. The van der Waals surface area contributed by atoms with Gasteiger partial charge in [0.25, 0.3) is 5.91 Å². The fraction of sp³-hybridized carbons (Fsp3) is 0.0556. The quantitative estimate of drug-likeness (QED) is 0.699. The maximum atomic E-state index is 14.3. The topological polar surface area (TPSA) is 46.1 Å². The summed E-state index contributed by atoms with van der Waals surface area (Å²) in [5.74, 6) is -2.16. The van der Waals surface area contributed by atoms with Crippen molar-refractivity contribution in [2.24, 2.45) is 0 Å². The Morgan fingerprint density at radius 3 is 2.56 bits per heavy atom. The predicted molar refractivity (Wildman–Crippen MR) is 90.4 cm³/mol. The molecule has 0 saturated carbocycles. The zero-order valence-corrected chi connectivity index (χ0v) is 13.6. The molecule has 0 aliphatic heterocycles. The van der Waals surface area contributed by atoms with Crippen LogP contribution in [0.1, 0.15) is 16.2 Å². The molecule has 0 aliphatic rings. The Hall–Kier alpha value is -2.86. The van der Waals surface area contributed by atoms with E-state index in [9.17, 15) is 13.6 Å². The average molecular weight is 360 g/mol. The summed E-state index contributed by atoms with van der Waals surface area (Å²) in [6.07, 6.45) is 2.95. The SMILES string of the molecule is O=C(c1cc(Cl)ccn1)N(Cc1ccccn1)c1ccc(F)cc1F. The standard InChI is InChI=1S/C18H12ClF2N3O/c19-12-6-8-23-16(9-12)18(25)24(11-14-3-1-2-7-22-14)17-5-4-13(20)10-15(17)21/h1-10H,11H2. The van der Waals surface area contributed by atoms with Gasteiger partial charge in [0, 0.05) is 23.5 Å². The van der Waals surface area contributed by atoms with Crippen LogP contribution in [0.5, 0.6) is 0 Å². The van der Waals surface area contributed by atoms with Crippen LogP contribution in [0, 0.1) is 11.6 Å². The molecular formula is C18H12ClF2N3O. The largest absolute Gasteiger partial charge is 0.298 e. The Kier molecular flexibility index (Phi) is 5.00. The Morgan fingerprint density at radius 1 is 1.04 bits per heavy atom. The van der Waals surface area contributed by atoms with Crippen molar-refractivity contribution < 1.29 is 13.6 Å². The lowest BCUT2D eigenvalue weighted by Gasteiger charge is -2.22. The van der Waals surface area contributed by atoms with Crippen molar-refractivity contribution in [1.29, 1.82) is 0 Å². The van der Waals surface area contributed by atoms with Crippen molar-refractivity contribution in [3.8, 4) is 0 Å². The van der Waals surface area contributed by atoms with Crippen LogP contribution in [-0.4, -0.2) is 15.9 Å². The summed E-state index contributed by atoms with van der Waals surface area (Å²) < 4.78 is 27.5. The van der Waals surface area contributed by atoms with Crippen molar-refractivity contribution in [2.45, 2.75) is 6.54 Å². The maximum absolute atomic E-state index is 14.3. The Balaban J connectivity index is 2.03. The molecule has 0 unspecified atom stereocenters. The molecule has 2 aromatic heterocycles. The number of carbonyl (C=O) groups excluding carboxylic acids is 1. The summed E-state index contributed by atoms with van der Waals surface area (Å²) in [5, 5.41) is 0.329. The zero-order valence-electron chi connectivity index (χ0n) is 12.9. The van der Waals surface area contributed by atoms with E-state index in [0.29, 0.717) is 10.7 Å². The van der Waals surface area contributed by atoms with Gasteiger partial charge in [0.1, 0.15) is 17.3 Å². The van der Waals surface area contributed by atoms with E-state index >= 15 is 0 Å². The number of aromatic nitrogens is 2. The molecular weight excluding hydrogens is 348 g/mol. The van der Waals surface area contributed by atoms with Crippen LogP contribution in [0.15, 0.2) is 60.9 Å². The van der Waals surface area contributed by atoms with E-state index in [1.54, 1.807) is 24.4 Å². The number of carbonyl (C=O) groups is 1. The Labute approximate surface area is 147 Å². The van der Waals surface area contributed by atoms with Gasteiger partial charge in [-0.1, -0.05) is 17.7 Å². The second-order valence-electron chi connectivity index (χ2n) is 5.17. The van der Waals surface area contributed by atoms with E-state index in [1.807, 2.05) is 0 Å². The molecule has 3 aromatic rings. The molecule has 3 rings (SSSR count). The van der Waals surface area contributed by atoms with E-state index in [4.69, 9.17) is 11.6 Å². The summed E-state index contributed by atoms with van der Waals surface area (Å²) in [4.78, 5) is 22.1. The molecule has 1 aromatic carbocycles. The van der Waals surface area contributed by atoms with Gasteiger partial charge in [0.05, 0.1) is 17.9 Å². The van der Waals surface area contributed by atoms with Crippen LogP contribution < -0.4 is 4.90 Å². The molecule has 0 spiro atoms. The lowest BCUT2D eigenvalue weighted by molar-refractivity contribution is 0.0979. The van der Waals surface area contributed by atoms with E-state index < -0.39 is 17.5 Å². The molecule has 25 heavy (non-hydrogen) atoms. The molecule has 7 heteroatoms. The number of hydrogen-bond acceptors (Lipinski definition) is 3. The fourth-order valence-electron chi connectivity index (χ4n) is 2.28. The molecule has 0 bridgehead atoms. The van der Waals surface area contributed by atoms with Gasteiger partial charge in [-0.05, 0) is 36.4 Å². The minimum absolute atomic E-state index is 0.00355. The van der Waals surface area contributed by atoms with Crippen LogP contribution in [0.2, 0.25) is 5.02 Å². The third kappa shape index (κ3) is 3.97. The molecule has 126 valence electrons. The van der Waals surface area contributed by atoms with Crippen molar-refractivity contribution in [1.82, 2.24) is 9.97 Å². The number of rotatable bonds is 4. The first-order valence-corrected chi connectivity index (χ1v) is 7.71. The Bertz CT molecular complexity index is 906. The van der Waals surface area contributed by atoms with Gasteiger partial charge < -0.3 is 0 Å². The van der Waals surface area contributed by atoms with Crippen LogP contribution in [0.4, 0.5) is 14.5 Å². The lowest BCUT2D eigenvalue weighted by atomic mass is 10.2. The van der Waals surface area contributed by atoms with Crippen LogP contribution >= 0.6 is 11.6 Å². The minimum atomic E-state index is -0.855. The highest BCUT2D eigenvalue weighted by molar-refractivity contribution is 6.31. The van der Waals surface area contributed by atoms with E-state index in [2.05, 4.69) is 9.97 Å². The second-order valence-corrected chi connectivity index (χ2v) is 5.60. The fourth-order valence-corrected chi connectivity index (χ4v) is 2.44. The van der Waals surface area contributed by atoms with Gasteiger partial charge in [-0.2, -0.15) is 0 Å². The summed E-state index contributed by atoms with van der Waals surface area (Å²) in [6.45, 7) is -0.00355.